The Kier molecular flexibility index (Phi) is 8.12. The van der Waals surface area contributed by atoms with E-state index in [1.165, 1.54) is 6.20 Å². The lowest BCUT2D eigenvalue weighted by Crippen LogP contribution is -2.27. The summed E-state index contributed by atoms with van der Waals surface area (Å²) in [4.78, 5) is 59.4. The molecule has 5 N–H and O–H groups in total. The summed E-state index contributed by atoms with van der Waals surface area (Å²) in [6, 6.07) is 19.3. The van der Waals surface area contributed by atoms with Crippen molar-refractivity contribution < 1.29 is 19.1 Å². The minimum Gasteiger partial charge on any atom is -0.481 e. The molecule has 0 radical (unpaired) electrons. The molecule has 1 aromatic carbocycles. The number of nitrogens with one attached hydrogen (secondary N) is 5. The first-order chi connectivity index (χ1) is 25.4. The number of fused-ring (bicyclic) bond motifs is 1. The molecule has 0 aliphatic carbocycles. The van der Waals surface area contributed by atoms with E-state index in [0.29, 0.717) is 46.5 Å². The van der Waals surface area contributed by atoms with Crippen LogP contribution < -0.4 is 20.7 Å². The second kappa shape index (κ2) is 13.3. The van der Waals surface area contributed by atoms with Crippen LogP contribution in [0.1, 0.15) is 37.7 Å². The number of hydrogen-bond donors (Lipinski definition) is 5. The van der Waals surface area contributed by atoms with E-state index in [4.69, 9.17) is 4.74 Å². The number of aryl methyl sites for hydroxylation is 1. The van der Waals surface area contributed by atoms with E-state index in [1.807, 2.05) is 25.1 Å². The van der Waals surface area contributed by atoms with Crippen molar-refractivity contribution in [3.05, 3.63) is 113 Å². The summed E-state index contributed by atoms with van der Waals surface area (Å²) in [6.45, 7) is 1.70. The molecule has 0 saturated heterocycles. The quantitative estimate of drug-likeness (QED) is 0.146. The number of H-pyrrole nitrogens is 2. The van der Waals surface area contributed by atoms with Gasteiger partial charge in [0.25, 0.3) is 17.7 Å². The van der Waals surface area contributed by atoms with Crippen LogP contribution in [0.5, 0.6) is 5.75 Å². The van der Waals surface area contributed by atoms with Gasteiger partial charge in [0.2, 0.25) is 11.9 Å². The second-order valence-electron chi connectivity index (χ2n) is 11.5. The Labute approximate surface area is 293 Å². The van der Waals surface area contributed by atoms with Gasteiger partial charge in [0.05, 0.1) is 28.2 Å². The Hall–Kier alpha value is -7.63. The summed E-state index contributed by atoms with van der Waals surface area (Å²) < 4.78 is 7.19. The van der Waals surface area contributed by atoms with Crippen molar-refractivity contribution in [3.8, 4) is 34.6 Å². The van der Waals surface area contributed by atoms with Gasteiger partial charge in [-0.3, -0.25) is 45.2 Å². The number of hydrogen-bond acceptors (Lipinski definition) is 12. The first kappa shape index (κ1) is 31.6. The van der Waals surface area contributed by atoms with E-state index in [1.54, 1.807) is 65.6 Å². The van der Waals surface area contributed by atoms with Gasteiger partial charge in [0.1, 0.15) is 11.4 Å². The molecule has 1 aliphatic rings. The van der Waals surface area contributed by atoms with E-state index in [-0.39, 0.29) is 35.7 Å². The lowest BCUT2D eigenvalue weighted by atomic mass is 10.1. The third-order valence-corrected chi connectivity index (χ3v) is 7.80. The number of amides is 3. The summed E-state index contributed by atoms with van der Waals surface area (Å²) in [5.74, 6) is 0.542. The van der Waals surface area contributed by atoms with Gasteiger partial charge >= 0.3 is 0 Å². The lowest BCUT2D eigenvalue weighted by molar-refractivity contribution is -0.118. The van der Waals surface area contributed by atoms with Crippen LogP contribution >= 0.6 is 0 Å². The first-order valence-corrected chi connectivity index (χ1v) is 15.8. The number of aromatic amines is 2. The summed E-state index contributed by atoms with van der Waals surface area (Å²) in [5, 5.41) is 26.3. The van der Waals surface area contributed by atoms with Gasteiger partial charge in [-0.2, -0.15) is 15.1 Å². The molecule has 0 fully saturated rings. The maximum absolute atomic E-state index is 13.0. The largest absolute Gasteiger partial charge is 0.481 e. The Morgan fingerprint density at radius 2 is 1.63 bits per heavy atom. The first-order valence-electron chi connectivity index (χ1n) is 15.8. The Morgan fingerprint density at radius 1 is 0.846 bits per heavy atom. The number of nitrogens with zero attached hydrogens (tertiary/aromatic N) is 9. The standard InChI is InChI=1S/C34H26N14O4/c1-18-13-21(48(47-18)26-11-9-20(16-37-26)31(50)41-33-39-29(43-45-33)24-6-2-3-12-35-24)14-19-8-10-25(36-15-19)30-40-34(46-44-30)42-32(51)22-5-4-7-23-28(22)52-17-27(49)38-23/h2-13,15-16H,14,17H2,1H3,(H,38,49)(H2,39,41,43,45,50)(H2,40,42,44,46,51). The fraction of sp³-hybridized carbons (Fsp3) is 0.0882. The predicted octanol–water partition coefficient (Wildman–Crippen LogP) is 3.36. The van der Waals surface area contributed by atoms with E-state index < -0.39 is 11.8 Å². The van der Waals surface area contributed by atoms with Gasteiger partial charge in [-0.1, -0.05) is 18.2 Å². The maximum Gasteiger partial charge on any atom is 0.262 e. The molecule has 8 rings (SSSR count). The smallest absolute Gasteiger partial charge is 0.262 e. The average molecular weight is 695 g/mol. The summed E-state index contributed by atoms with van der Waals surface area (Å²) in [5.41, 5.74) is 4.62. The topological polar surface area (TPSA) is 236 Å². The van der Waals surface area contributed by atoms with Crippen LogP contribution in [0.2, 0.25) is 0 Å². The zero-order chi connectivity index (χ0) is 35.6. The number of para-hydroxylation sites is 1. The predicted molar refractivity (Wildman–Crippen MR) is 185 cm³/mol. The van der Waals surface area contributed by atoms with E-state index in [9.17, 15) is 14.4 Å². The van der Waals surface area contributed by atoms with Crippen LogP contribution in [0.25, 0.3) is 28.9 Å². The summed E-state index contributed by atoms with van der Waals surface area (Å²) >= 11 is 0. The Morgan fingerprint density at radius 3 is 2.35 bits per heavy atom. The van der Waals surface area contributed by atoms with Crippen molar-refractivity contribution in [2.24, 2.45) is 0 Å². The fourth-order valence-corrected chi connectivity index (χ4v) is 5.41. The highest BCUT2D eigenvalue weighted by atomic mass is 16.5. The molecule has 256 valence electrons. The van der Waals surface area contributed by atoms with E-state index in [0.717, 1.165) is 17.0 Å². The number of ether oxygens (including phenoxy) is 1. The third kappa shape index (κ3) is 6.53. The van der Waals surface area contributed by atoms with Crippen molar-refractivity contribution >= 4 is 35.3 Å². The summed E-state index contributed by atoms with van der Waals surface area (Å²) in [7, 11) is 0. The molecule has 0 unspecified atom stereocenters. The van der Waals surface area contributed by atoms with E-state index >= 15 is 0 Å². The summed E-state index contributed by atoms with van der Waals surface area (Å²) in [6.07, 6.45) is 5.31. The maximum atomic E-state index is 13.0. The lowest BCUT2D eigenvalue weighted by Gasteiger charge is -2.19. The van der Waals surface area contributed by atoms with Gasteiger partial charge in [-0.25, -0.2) is 9.67 Å². The third-order valence-electron chi connectivity index (χ3n) is 7.80. The van der Waals surface area contributed by atoms with Crippen LogP contribution in [0.4, 0.5) is 17.6 Å². The van der Waals surface area contributed by atoms with Gasteiger partial charge in [-0.15, -0.1) is 10.2 Å². The van der Waals surface area contributed by atoms with Gasteiger partial charge in [-0.05, 0) is 61.0 Å². The normalized spacial score (nSPS) is 12.1. The molecular formula is C34H26N14O4. The molecule has 0 bridgehead atoms. The number of aromatic nitrogens is 11. The number of rotatable bonds is 9. The Balaban J connectivity index is 0.912. The molecule has 7 aromatic rings. The molecule has 52 heavy (non-hydrogen) atoms. The van der Waals surface area contributed by atoms with E-state index in [2.05, 4.69) is 66.4 Å². The number of pyridine rings is 3. The SMILES string of the molecule is Cc1cc(Cc2ccc(-c3nc(NC(=O)c4cccc5c4OCC(=O)N5)n[nH]3)nc2)n(-c2ccc(C(=O)Nc3n[nH]c(-c4ccccn4)n3)cn2)n1. The minimum absolute atomic E-state index is 0.0475. The van der Waals surface area contributed by atoms with Crippen molar-refractivity contribution in [1.82, 2.24) is 55.1 Å². The van der Waals surface area contributed by atoms with Crippen LogP contribution in [-0.4, -0.2) is 79.4 Å². The number of carbonyl (C=O) groups is 3. The average Bonchev–Trinajstić information content (AvgIpc) is 3.92. The molecule has 6 aromatic heterocycles. The van der Waals surface area contributed by atoms with Gasteiger partial charge in [0, 0.05) is 25.0 Å². The number of anilines is 3. The second-order valence-corrected chi connectivity index (χ2v) is 11.5. The molecule has 18 nitrogen and oxygen atoms in total. The molecule has 18 heteroatoms. The number of benzene rings is 1. The highest BCUT2D eigenvalue weighted by Crippen LogP contribution is 2.32. The minimum atomic E-state index is -0.497. The monoisotopic (exact) mass is 694 g/mol. The van der Waals surface area contributed by atoms with Crippen molar-refractivity contribution in [3.63, 3.8) is 0 Å². The zero-order valence-electron chi connectivity index (χ0n) is 27.2. The highest BCUT2D eigenvalue weighted by molar-refractivity contribution is 6.08. The highest BCUT2D eigenvalue weighted by Gasteiger charge is 2.23. The van der Waals surface area contributed by atoms with Crippen LogP contribution in [0.3, 0.4) is 0 Å². The van der Waals surface area contributed by atoms with Crippen LogP contribution in [-0.2, 0) is 11.2 Å². The molecule has 1 aliphatic heterocycles. The molecule has 0 saturated carbocycles. The van der Waals surface area contributed by atoms with Gasteiger partial charge < -0.3 is 10.1 Å². The number of carbonyl (C=O) groups excluding carboxylic acids is 3. The fourth-order valence-electron chi connectivity index (χ4n) is 5.41. The van der Waals surface area contributed by atoms with Crippen LogP contribution in [0.15, 0.2) is 85.3 Å². The molecule has 3 amide bonds. The Bertz CT molecular complexity index is 2440. The zero-order valence-corrected chi connectivity index (χ0v) is 27.2. The molecule has 0 atom stereocenters. The molecule has 0 spiro atoms. The van der Waals surface area contributed by atoms with Crippen molar-refractivity contribution in [2.75, 3.05) is 22.6 Å². The van der Waals surface area contributed by atoms with Gasteiger partial charge in [0.15, 0.2) is 29.8 Å². The molecular weight excluding hydrogens is 668 g/mol. The van der Waals surface area contributed by atoms with Crippen molar-refractivity contribution in [2.45, 2.75) is 13.3 Å². The van der Waals surface area contributed by atoms with Crippen molar-refractivity contribution in [1.29, 1.82) is 0 Å². The van der Waals surface area contributed by atoms with Crippen LogP contribution in [0, 0.1) is 6.92 Å². The molecule has 7 heterocycles.